The zero-order valence-electron chi connectivity index (χ0n) is 12.2. The van der Waals surface area contributed by atoms with Gasteiger partial charge in [0.15, 0.2) is 0 Å². The van der Waals surface area contributed by atoms with Crippen LogP contribution in [0.25, 0.3) is 0 Å². The van der Waals surface area contributed by atoms with Crippen molar-refractivity contribution in [1.29, 1.82) is 0 Å². The van der Waals surface area contributed by atoms with Crippen LogP contribution in [-0.4, -0.2) is 18.8 Å². The normalized spacial score (nSPS) is 38.8. The molecule has 1 aromatic rings. The average Bonchev–Trinajstić information content (AvgIpc) is 2.92. The van der Waals surface area contributed by atoms with Crippen LogP contribution < -0.4 is 0 Å². The van der Waals surface area contributed by atoms with Crippen molar-refractivity contribution in [1.82, 2.24) is 0 Å². The number of hydrogen-bond acceptors (Lipinski definition) is 2. The number of hydrogen-bond donors (Lipinski definition) is 1. The molecule has 1 N–H and O–H groups in total. The third kappa shape index (κ3) is 1.93. The molecule has 0 saturated heterocycles. The van der Waals surface area contributed by atoms with Gasteiger partial charge in [0.05, 0.1) is 12.7 Å². The summed E-state index contributed by atoms with van der Waals surface area (Å²) >= 11 is 0. The maximum atomic E-state index is 10.7. The molecule has 3 saturated carbocycles. The fraction of sp³-hybridized carbons (Fsp3) is 0.667. The first kappa shape index (κ1) is 12.8. The minimum Gasteiger partial charge on any atom is -0.388 e. The average molecular weight is 272 g/mol. The van der Waals surface area contributed by atoms with Crippen molar-refractivity contribution < 1.29 is 9.84 Å². The van der Waals surface area contributed by atoms with Crippen LogP contribution >= 0.6 is 0 Å². The van der Waals surface area contributed by atoms with E-state index in [9.17, 15) is 5.11 Å². The summed E-state index contributed by atoms with van der Waals surface area (Å²) in [4.78, 5) is 0. The van der Waals surface area contributed by atoms with Crippen molar-refractivity contribution in [3.8, 4) is 0 Å². The molecule has 3 aliphatic rings. The number of aliphatic hydroxyl groups is 1. The van der Waals surface area contributed by atoms with Crippen molar-refractivity contribution in [2.45, 2.75) is 31.8 Å². The number of fused-ring (bicyclic) bond motifs is 5. The molecule has 4 rings (SSSR count). The minimum absolute atomic E-state index is 0.232. The summed E-state index contributed by atoms with van der Waals surface area (Å²) in [7, 11) is 1.73. The molecule has 2 heteroatoms. The van der Waals surface area contributed by atoms with Gasteiger partial charge in [-0.1, -0.05) is 24.3 Å². The Kier molecular flexibility index (Phi) is 3.12. The van der Waals surface area contributed by atoms with Crippen LogP contribution in [0.4, 0.5) is 0 Å². The number of benzene rings is 1. The van der Waals surface area contributed by atoms with Gasteiger partial charge in [-0.25, -0.2) is 0 Å². The predicted octanol–water partition coefficient (Wildman–Crippen LogP) is 3.20. The molecule has 5 atom stereocenters. The molecule has 1 aromatic carbocycles. The molecule has 0 aliphatic heterocycles. The largest absolute Gasteiger partial charge is 0.388 e. The topological polar surface area (TPSA) is 29.5 Å². The Balaban J connectivity index is 1.43. The Morgan fingerprint density at radius 2 is 1.80 bits per heavy atom. The van der Waals surface area contributed by atoms with Crippen molar-refractivity contribution in [3.05, 3.63) is 35.4 Å². The molecule has 3 aliphatic carbocycles. The van der Waals surface area contributed by atoms with E-state index in [2.05, 4.69) is 24.3 Å². The fourth-order valence-corrected chi connectivity index (χ4v) is 5.14. The van der Waals surface area contributed by atoms with Crippen molar-refractivity contribution in [2.24, 2.45) is 29.6 Å². The van der Waals surface area contributed by atoms with Gasteiger partial charge in [0.25, 0.3) is 0 Å². The van der Waals surface area contributed by atoms with E-state index < -0.39 is 0 Å². The van der Waals surface area contributed by atoms with Crippen LogP contribution in [0.2, 0.25) is 0 Å². The summed E-state index contributed by atoms with van der Waals surface area (Å²) in [5, 5.41) is 10.7. The highest BCUT2D eigenvalue weighted by molar-refractivity contribution is 5.28. The highest BCUT2D eigenvalue weighted by atomic mass is 16.5. The Morgan fingerprint density at radius 1 is 1.15 bits per heavy atom. The SMILES string of the molecule is COCCc1ccc(C(O)C2C3C4CCC(C4)C32)cc1. The van der Waals surface area contributed by atoms with Gasteiger partial charge in [0.2, 0.25) is 0 Å². The summed E-state index contributed by atoms with van der Waals surface area (Å²) in [6.45, 7) is 0.762. The molecule has 0 heterocycles. The smallest absolute Gasteiger partial charge is 0.0823 e. The lowest BCUT2D eigenvalue weighted by Crippen LogP contribution is -2.08. The minimum atomic E-state index is -0.232. The second-order valence-corrected chi connectivity index (χ2v) is 6.99. The van der Waals surface area contributed by atoms with Crippen molar-refractivity contribution in [2.75, 3.05) is 13.7 Å². The quantitative estimate of drug-likeness (QED) is 0.892. The van der Waals surface area contributed by atoms with Crippen LogP contribution in [0.1, 0.15) is 36.5 Å². The molecule has 0 radical (unpaired) electrons. The number of methoxy groups -OCH3 is 1. The van der Waals surface area contributed by atoms with E-state index >= 15 is 0 Å². The van der Waals surface area contributed by atoms with Gasteiger partial charge >= 0.3 is 0 Å². The summed E-state index contributed by atoms with van der Waals surface area (Å²) in [6, 6.07) is 8.52. The molecule has 2 nitrogen and oxygen atoms in total. The molecular formula is C18H24O2. The Bertz CT molecular complexity index is 465. The molecular weight excluding hydrogens is 248 g/mol. The molecule has 0 amide bonds. The molecule has 108 valence electrons. The molecule has 2 bridgehead atoms. The third-order valence-electron chi connectivity index (χ3n) is 6.08. The van der Waals surface area contributed by atoms with Crippen LogP contribution in [0.15, 0.2) is 24.3 Å². The van der Waals surface area contributed by atoms with Crippen LogP contribution in [0.3, 0.4) is 0 Å². The maximum absolute atomic E-state index is 10.7. The Labute approximate surface area is 121 Å². The Hall–Kier alpha value is -0.860. The predicted molar refractivity (Wildman–Crippen MR) is 78.3 cm³/mol. The molecule has 0 aromatic heterocycles. The van der Waals surface area contributed by atoms with E-state index in [1.54, 1.807) is 7.11 Å². The zero-order valence-corrected chi connectivity index (χ0v) is 12.2. The van der Waals surface area contributed by atoms with E-state index in [1.165, 1.54) is 24.8 Å². The highest BCUT2D eigenvalue weighted by Gasteiger charge is 2.66. The lowest BCUT2D eigenvalue weighted by molar-refractivity contribution is 0.130. The summed E-state index contributed by atoms with van der Waals surface area (Å²) in [5.74, 6) is 4.12. The lowest BCUT2D eigenvalue weighted by atomic mass is 9.94. The van der Waals surface area contributed by atoms with E-state index in [0.717, 1.165) is 42.3 Å². The monoisotopic (exact) mass is 272 g/mol. The summed E-state index contributed by atoms with van der Waals surface area (Å²) < 4.78 is 5.10. The van der Waals surface area contributed by atoms with Gasteiger partial charge in [-0.05, 0) is 66.4 Å². The van der Waals surface area contributed by atoms with Gasteiger partial charge in [-0.3, -0.25) is 0 Å². The number of aliphatic hydroxyl groups excluding tert-OH is 1. The van der Waals surface area contributed by atoms with Gasteiger partial charge in [-0.2, -0.15) is 0 Å². The zero-order chi connectivity index (χ0) is 13.7. The molecule has 3 fully saturated rings. The van der Waals surface area contributed by atoms with Crippen LogP contribution in [-0.2, 0) is 11.2 Å². The second-order valence-electron chi connectivity index (χ2n) is 6.99. The van der Waals surface area contributed by atoms with E-state index in [1.807, 2.05) is 0 Å². The van der Waals surface area contributed by atoms with E-state index in [0.29, 0.717) is 5.92 Å². The fourth-order valence-electron chi connectivity index (χ4n) is 5.14. The maximum Gasteiger partial charge on any atom is 0.0823 e. The van der Waals surface area contributed by atoms with Gasteiger partial charge in [0, 0.05) is 7.11 Å². The lowest BCUT2D eigenvalue weighted by Gasteiger charge is -2.16. The summed E-state index contributed by atoms with van der Waals surface area (Å²) in [6.07, 6.45) is 5.01. The first-order valence-electron chi connectivity index (χ1n) is 8.05. The first-order chi connectivity index (χ1) is 9.79. The van der Waals surface area contributed by atoms with Crippen LogP contribution in [0.5, 0.6) is 0 Å². The molecule has 0 spiro atoms. The standard InChI is InChI=1S/C18H24O2/c1-20-9-8-11-2-4-12(5-3-11)18(19)17-15-13-6-7-14(10-13)16(15)17/h2-5,13-19H,6-10H2,1H3. The second kappa shape index (κ2) is 4.85. The van der Waals surface area contributed by atoms with E-state index in [4.69, 9.17) is 4.74 Å². The van der Waals surface area contributed by atoms with Crippen LogP contribution in [0, 0.1) is 29.6 Å². The van der Waals surface area contributed by atoms with Gasteiger partial charge < -0.3 is 9.84 Å². The number of ether oxygens (including phenoxy) is 1. The highest BCUT2D eigenvalue weighted by Crippen LogP contribution is 2.72. The van der Waals surface area contributed by atoms with Crippen molar-refractivity contribution >= 4 is 0 Å². The Morgan fingerprint density at radius 3 is 2.40 bits per heavy atom. The third-order valence-corrected chi connectivity index (χ3v) is 6.08. The number of rotatable bonds is 5. The van der Waals surface area contributed by atoms with Crippen molar-refractivity contribution in [3.63, 3.8) is 0 Å². The molecule has 5 unspecified atom stereocenters. The van der Waals surface area contributed by atoms with Gasteiger partial charge in [0.1, 0.15) is 0 Å². The van der Waals surface area contributed by atoms with E-state index in [-0.39, 0.29) is 6.10 Å². The van der Waals surface area contributed by atoms with Gasteiger partial charge in [-0.15, -0.1) is 0 Å². The first-order valence-corrected chi connectivity index (χ1v) is 8.05. The summed E-state index contributed by atoms with van der Waals surface area (Å²) in [5.41, 5.74) is 2.41. The molecule has 20 heavy (non-hydrogen) atoms.